The molecule has 42 valence electrons. The minimum Gasteiger partial charge on any atom is -0.246 e. The number of hydrogen-bond donors (Lipinski definition) is 0. The van der Waals surface area contributed by atoms with Gasteiger partial charge in [-0.2, -0.15) is 0 Å². The van der Waals surface area contributed by atoms with Gasteiger partial charge in [-0.1, -0.05) is 0 Å². The van der Waals surface area contributed by atoms with Gasteiger partial charge in [-0.25, -0.2) is 4.39 Å². The van der Waals surface area contributed by atoms with Gasteiger partial charge in [-0.15, -0.1) is 4.52 Å². The van der Waals surface area contributed by atoms with Crippen molar-refractivity contribution < 1.29 is 13.5 Å². The summed E-state index contributed by atoms with van der Waals surface area (Å²) in [5, 5.41) is 0. The smallest absolute Gasteiger partial charge is 0.246 e. The maximum atomic E-state index is 11.2. The van der Waals surface area contributed by atoms with E-state index in [1.807, 2.05) is 0 Å². The van der Waals surface area contributed by atoms with Crippen LogP contribution in [-0.2, 0) is 9.09 Å². The molecule has 0 aliphatic heterocycles. The molecule has 0 radical (unpaired) electrons. The standard InChI is InChI=1S/C3H7FO2P/c1-6-7(5)3-2-4/h2-3H2,1H3/q+1. The first-order valence-corrected chi connectivity index (χ1v) is 3.22. The summed E-state index contributed by atoms with van der Waals surface area (Å²) in [4.78, 5) is 0. The summed E-state index contributed by atoms with van der Waals surface area (Å²) >= 11 is 0. The fraction of sp³-hybridized carbons (Fsp3) is 1.00. The topological polar surface area (TPSA) is 26.3 Å². The predicted octanol–water partition coefficient (Wildman–Crippen LogP) is 1.34. The second kappa shape index (κ2) is 4.16. The van der Waals surface area contributed by atoms with E-state index in [9.17, 15) is 8.96 Å². The number of halogens is 1. The minimum atomic E-state index is -1.70. The molecule has 0 fully saturated rings. The van der Waals surface area contributed by atoms with E-state index in [1.165, 1.54) is 7.11 Å². The van der Waals surface area contributed by atoms with Crippen LogP contribution >= 0.6 is 8.03 Å². The van der Waals surface area contributed by atoms with Crippen molar-refractivity contribution in [3.05, 3.63) is 0 Å². The number of alkyl halides is 1. The van der Waals surface area contributed by atoms with Gasteiger partial charge < -0.3 is 0 Å². The molecular formula is C3H7FO2P+. The lowest BCUT2D eigenvalue weighted by Crippen LogP contribution is -1.79. The zero-order valence-corrected chi connectivity index (χ0v) is 4.95. The molecule has 4 heteroatoms. The lowest BCUT2D eigenvalue weighted by Gasteiger charge is -1.71. The number of hydrogen-bond acceptors (Lipinski definition) is 2. The van der Waals surface area contributed by atoms with Crippen LogP contribution in [0.2, 0.25) is 0 Å². The van der Waals surface area contributed by atoms with Gasteiger partial charge in [0.1, 0.15) is 6.67 Å². The predicted molar refractivity (Wildman–Crippen MR) is 25.5 cm³/mol. The first-order valence-electron chi connectivity index (χ1n) is 1.86. The van der Waals surface area contributed by atoms with Crippen LogP contribution in [0.4, 0.5) is 4.39 Å². The summed E-state index contributed by atoms with van der Waals surface area (Å²) < 4.78 is 25.5. The fourth-order valence-corrected chi connectivity index (χ4v) is 0.481. The Morgan fingerprint density at radius 2 is 2.43 bits per heavy atom. The lowest BCUT2D eigenvalue weighted by molar-refractivity contribution is 0.406. The third kappa shape index (κ3) is 3.83. The van der Waals surface area contributed by atoms with Crippen molar-refractivity contribution in [2.24, 2.45) is 0 Å². The molecular weight excluding hydrogens is 118 g/mol. The summed E-state index contributed by atoms with van der Waals surface area (Å²) in [6.45, 7) is -0.566. The Morgan fingerprint density at radius 3 is 2.57 bits per heavy atom. The van der Waals surface area contributed by atoms with Crippen molar-refractivity contribution in [2.45, 2.75) is 0 Å². The van der Waals surface area contributed by atoms with Crippen LogP contribution in [0.1, 0.15) is 0 Å². The van der Waals surface area contributed by atoms with Gasteiger partial charge in [0.15, 0.2) is 0 Å². The SMILES string of the molecule is CO[P+](=O)CCF. The Hall–Kier alpha value is -0.0100. The van der Waals surface area contributed by atoms with E-state index in [0.717, 1.165) is 0 Å². The van der Waals surface area contributed by atoms with Crippen LogP contribution in [-0.4, -0.2) is 19.9 Å². The first-order chi connectivity index (χ1) is 3.31. The van der Waals surface area contributed by atoms with E-state index in [0.29, 0.717) is 0 Å². The summed E-state index contributed by atoms with van der Waals surface area (Å²) in [5.74, 6) is 0. The summed E-state index contributed by atoms with van der Waals surface area (Å²) in [6.07, 6.45) is 0.0197. The molecule has 0 saturated heterocycles. The van der Waals surface area contributed by atoms with Crippen molar-refractivity contribution in [3.63, 3.8) is 0 Å². The number of rotatable bonds is 3. The fourth-order valence-electron chi connectivity index (χ4n) is 0.160. The highest BCUT2D eigenvalue weighted by atomic mass is 31.1. The van der Waals surface area contributed by atoms with E-state index in [-0.39, 0.29) is 6.16 Å². The van der Waals surface area contributed by atoms with Crippen molar-refractivity contribution in [2.75, 3.05) is 19.9 Å². The van der Waals surface area contributed by atoms with Gasteiger partial charge in [0.25, 0.3) is 0 Å². The van der Waals surface area contributed by atoms with E-state index in [4.69, 9.17) is 0 Å². The second-order valence-corrected chi connectivity index (χ2v) is 2.41. The van der Waals surface area contributed by atoms with Crippen LogP contribution in [0.25, 0.3) is 0 Å². The molecule has 0 aromatic rings. The van der Waals surface area contributed by atoms with Crippen LogP contribution in [0, 0.1) is 0 Å². The molecule has 1 unspecified atom stereocenters. The molecule has 0 bridgehead atoms. The Kier molecular flexibility index (Phi) is 4.15. The molecule has 0 aromatic carbocycles. The average molecular weight is 125 g/mol. The molecule has 0 aliphatic rings. The Balaban J connectivity index is 3.00. The van der Waals surface area contributed by atoms with Gasteiger partial charge in [-0.05, 0) is 4.57 Å². The molecule has 0 rings (SSSR count). The molecule has 0 saturated carbocycles. The summed E-state index contributed by atoms with van der Waals surface area (Å²) in [7, 11) is -0.403. The second-order valence-electron chi connectivity index (χ2n) is 0.928. The van der Waals surface area contributed by atoms with Crippen molar-refractivity contribution in [3.8, 4) is 0 Å². The van der Waals surface area contributed by atoms with Crippen LogP contribution in [0.3, 0.4) is 0 Å². The van der Waals surface area contributed by atoms with Crippen LogP contribution in [0.5, 0.6) is 0 Å². The maximum absolute atomic E-state index is 11.2. The van der Waals surface area contributed by atoms with Gasteiger partial charge in [-0.3, -0.25) is 0 Å². The maximum Gasteiger partial charge on any atom is 0.510 e. The largest absolute Gasteiger partial charge is 0.510 e. The van der Waals surface area contributed by atoms with E-state index >= 15 is 0 Å². The average Bonchev–Trinajstić information content (AvgIpc) is 1.68. The van der Waals surface area contributed by atoms with Crippen molar-refractivity contribution in [1.82, 2.24) is 0 Å². The zero-order chi connectivity index (χ0) is 5.70. The van der Waals surface area contributed by atoms with Crippen LogP contribution in [0.15, 0.2) is 0 Å². The quantitative estimate of drug-likeness (QED) is 0.532. The van der Waals surface area contributed by atoms with E-state index < -0.39 is 14.7 Å². The van der Waals surface area contributed by atoms with Crippen molar-refractivity contribution in [1.29, 1.82) is 0 Å². The highest BCUT2D eigenvalue weighted by molar-refractivity contribution is 7.39. The first kappa shape index (κ1) is 6.99. The third-order valence-electron chi connectivity index (χ3n) is 0.471. The Labute approximate surface area is 42.5 Å². The van der Waals surface area contributed by atoms with Crippen molar-refractivity contribution >= 4 is 8.03 Å². The minimum absolute atomic E-state index is 0.0197. The molecule has 0 amide bonds. The molecule has 1 atom stereocenters. The summed E-state index contributed by atoms with van der Waals surface area (Å²) in [6, 6.07) is 0. The zero-order valence-electron chi connectivity index (χ0n) is 4.06. The molecule has 7 heavy (non-hydrogen) atoms. The molecule has 0 aromatic heterocycles. The van der Waals surface area contributed by atoms with Gasteiger partial charge in [0.2, 0.25) is 6.16 Å². The van der Waals surface area contributed by atoms with E-state index in [1.54, 1.807) is 0 Å². The highest BCUT2D eigenvalue weighted by Crippen LogP contribution is 2.18. The monoisotopic (exact) mass is 125 g/mol. The van der Waals surface area contributed by atoms with Gasteiger partial charge >= 0.3 is 8.03 Å². The van der Waals surface area contributed by atoms with Gasteiger partial charge in [0.05, 0.1) is 7.11 Å². The third-order valence-corrected chi connectivity index (χ3v) is 1.41. The molecule has 0 spiro atoms. The van der Waals surface area contributed by atoms with Crippen LogP contribution < -0.4 is 0 Å². The highest BCUT2D eigenvalue weighted by Gasteiger charge is 2.11. The molecule has 0 aliphatic carbocycles. The summed E-state index contributed by atoms with van der Waals surface area (Å²) in [5.41, 5.74) is 0. The molecule has 0 N–H and O–H groups in total. The Morgan fingerprint density at radius 1 is 1.86 bits per heavy atom. The lowest BCUT2D eigenvalue weighted by atomic mass is 10.9. The Bertz CT molecular complexity index is 66.0. The van der Waals surface area contributed by atoms with E-state index in [2.05, 4.69) is 4.52 Å². The normalized spacial score (nSPS) is 11.4. The molecule has 0 heterocycles. The molecule has 2 nitrogen and oxygen atoms in total. The van der Waals surface area contributed by atoms with Gasteiger partial charge in [0, 0.05) is 0 Å².